The average molecular weight is 444 g/mol. The first-order chi connectivity index (χ1) is 15.0. The van der Waals surface area contributed by atoms with Gasteiger partial charge < -0.3 is 14.2 Å². The molecule has 1 amide bonds. The summed E-state index contributed by atoms with van der Waals surface area (Å²) < 4.78 is 24.3. The highest BCUT2D eigenvalue weighted by atomic mass is 35.5. The van der Waals surface area contributed by atoms with E-state index in [-0.39, 0.29) is 24.0 Å². The summed E-state index contributed by atoms with van der Waals surface area (Å²) in [7, 11) is 0. The molecule has 0 bridgehead atoms. The highest BCUT2D eigenvalue weighted by Gasteiger charge is 2.28. The van der Waals surface area contributed by atoms with Crippen LogP contribution in [0.2, 0.25) is 5.02 Å². The first-order valence-corrected chi connectivity index (χ1v) is 10.5. The number of nitrogens with zero attached hydrogens (tertiary/aromatic N) is 3. The molecule has 0 aliphatic carbocycles. The fourth-order valence-electron chi connectivity index (χ4n) is 3.55. The maximum absolute atomic E-state index is 13.4. The average Bonchev–Trinajstić information content (AvgIpc) is 3.14. The second-order valence-corrected chi connectivity index (χ2v) is 7.94. The number of rotatable bonds is 6. The van der Waals surface area contributed by atoms with E-state index in [2.05, 4.69) is 10.1 Å². The number of piperazine rings is 1. The quantitative estimate of drug-likeness (QED) is 0.568. The minimum atomic E-state index is -0.382. The fourth-order valence-corrected chi connectivity index (χ4v) is 3.67. The lowest BCUT2D eigenvalue weighted by Crippen LogP contribution is -2.48. The van der Waals surface area contributed by atoms with Gasteiger partial charge >= 0.3 is 0 Å². The summed E-state index contributed by atoms with van der Waals surface area (Å²) in [6.07, 6.45) is 0. The van der Waals surface area contributed by atoms with Gasteiger partial charge in [-0.25, -0.2) is 4.39 Å². The minimum absolute atomic E-state index is 0.0798. The summed E-state index contributed by atoms with van der Waals surface area (Å²) in [5.74, 6) is 0.337. The number of aryl methyl sites for hydroxylation is 1. The molecule has 0 radical (unpaired) electrons. The Bertz CT molecular complexity index is 1050. The van der Waals surface area contributed by atoms with Crippen molar-refractivity contribution < 1.29 is 18.4 Å². The smallest absolute Gasteiger partial charge is 0.276 e. The van der Waals surface area contributed by atoms with Gasteiger partial charge in [0.25, 0.3) is 5.91 Å². The minimum Gasteiger partial charge on any atom is -0.489 e. The standard InChI is InChI=1S/C23H23ClFN3O3/c1-16-21(15-30-20-4-2-3-19(25)13-20)22(26-31-16)23(29)28-11-9-27(10-12-28)14-17-5-7-18(24)8-6-17/h2-8,13H,9-12,14-15H2,1H3. The van der Waals surface area contributed by atoms with E-state index < -0.39 is 0 Å². The SMILES string of the molecule is Cc1onc(C(=O)N2CCN(Cc3ccc(Cl)cc3)CC2)c1COc1cccc(F)c1. The molecule has 0 unspecified atom stereocenters. The van der Waals surface area contributed by atoms with Gasteiger partial charge in [-0.05, 0) is 36.8 Å². The lowest BCUT2D eigenvalue weighted by Gasteiger charge is -2.34. The lowest BCUT2D eigenvalue weighted by atomic mass is 10.1. The molecule has 31 heavy (non-hydrogen) atoms. The predicted octanol–water partition coefficient (Wildman–Crippen LogP) is 4.31. The molecular weight excluding hydrogens is 421 g/mol. The Labute approximate surface area is 185 Å². The Kier molecular flexibility index (Phi) is 6.53. The van der Waals surface area contributed by atoms with Crippen LogP contribution in [0.15, 0.2) is 53.1 Å². The second-order valence-electron chi connectivity index (χ2n) is 7.51. The molecule has 1 fully saturated rings. The molecule has 3 aromatic rings. The molecule has 0 spiro atoms. The van der Waals surface area contributed by atoms with Crippen molar-refractivity contribution in [1.29, 1.82) is 0 Å². The maximum atomic E-state index is 13.4. The van der Waals surface area contributed by atoms with Gasteiger partial charge in [-0.15, -0.1) is 0 Å². The van der Waals surface area contributed by atoms with Crippen molar-refractivity contribution in [2.75, 3.05) is 26.2 Å². The van der Waals surface area contributed by atoms with Crippen LogP contribution >= 0.6 is 11.6 Å². The number of benzene rings is 2. The number of hydrogen-bond acceptors (Lipinski definition) is 5. The summed E-state index contributed by atoms with van der Waals surface area (Å²) in [6, 6.07) is 13.7. The highest BCUT2D eigenvalue weighted by molar-refractivity contribution is 6.30. The maximum Gasteiger partial charge on any atom is 0.276 e. The number of hydrogen-bond donors (Lipinski definition) is 0. The third-order valence-corrected chi connectivity index (χ3v) is 5.60. The molecule has 2 aromatic carbocycles. The molecule has 162 valence electrons. The molecule has 0 N–H and O–H groups in total. The van der Waals surface area contributed by atoms with Gasteiger partial charge in [0.15, 0.2) is 5.69 Å². The van der Waals surface area contributed by atoms with Crippen LogP contribution in [0.25, 0.3) is 0 Å². The zero-order chi connectivity index (χ0) is 21.8. The number of carbonyl (C=O) groups is 1. The van der Waals surface area contributed by atoms with Crippen LogP contribution in [0, 0.1) is 12.7 Å². The van der Waals surface area contributed by atoms with Crippen LogP contribution in [-0.4, -0.2) is 47.0 Å². The summed E-state index contributed by atoms with van der Waals surface area (Å²) in [6.45, 7) is 5.36. The molecule has 0 saturated carbocycles. The lowest BCUT2D eigenvalue weighted by molar-refractivity contribution is 0.0616. The van der Waals surface area contributed by atoms with E-state index in [1.807, 2.05) is 24.3 Å². The van der Waals surface area contributed by atoms with Crippen molar-refractivity contribution in [1.82, 2.24) is 15.0 Å². The van der Waals surface area contributed by atoms with E-state index in [0.29, 0.717) is 30.2 Å². The molecule has 1 aliphatic rings. The van der Waals surface area contributed by atoms with Gasteiger partial charge in [-0.1, -0.05) is 35.0 Å². The number of aromatic nitrogens is 1. The van der Waals surface area contributed by atoms with Gasteiger partial charge in [0.2, 0.25) is 0 Å². The zero-order valence-corrected chi connectivity index (χ0v) is 17.9. The Morgan fingerprint density at radius 3 is 2.61 bits per heavy atom. The molecule has 1 aromatic heterocycles. The van der Waals surface area contributed by atoms with Crippen molar-refractivity contribution in [3.63, 3.8) is 0 Å². The van der Waals surface area contributed by atoms with Crippen molar-refractivity contribution in [2.24, 2.45) is 0 Å². The predicted molar refractivity (Wildman–Crippen MR) is 115 cm³/mol. The van der Waals surface area contributed by atoms with E-state index in [1.54, 1.807) is 24.0 Å². The Hall–Kier alpha value is -2.90. The summed E-state index contributed by atoms with van der Waals surface area (Å²) >= 11 is 5.95. The van der Waals surface area contributed by atoms with Crippen molar-refractivity contribution in [3.8, 4) is 5.75 Å². The fraction of sp³-hybridized carbons (Fsp3) is 0.304. The molecule has 4 rings (SSSR count). The summed E-state index contributed by atoms with van der Waals surface area (Å²) in [5, 5.41) is 4.69. The number of carbonyl (C=O) groups excluding carboxylic acids is 1. The van der Waals surface area contributed by atoms with Crippen LogP contribution in [0.4, 0.5) is 4.39 Å². The Balaban J connectivity index is 1.36. The second kappa shape index (κ2) is 9.49. The van der Waals surface area contributed by atoms with Crippen molar-refractivity contribution in [3.05, 3.63) is 82.0 Å². The largest absolute Gasteiger partial charge is 0.489 e. The topological polar surface area (TPSA) is 58.8 Å². The number of ether oxygens (including phenoxy) is 1. The van der Waals surface area contributed by atoms with Gasteiger partial charge in [-0.2, -0.15) is 0 Å². The van der Waals surface area contributed by atoms with Gasteiger partial charge in [0.1, 0.15) is 23.9 Å². The number of halogens is 2. The zero-order valence-electron chi connectivity index (χ0n) is 17.2. The summed E-state index contributed by atoms with van der Waals surface area (Å²) in [5.41, 5.74) is 2.02. The van der Waals surface area contributed by atoms with E-state index in [0.717, 1.165) is 24.7 Å². The van der Waals surface area contributed by atoms with Crippen LogP contribution < -0.4 is 4.74 Å². The monoisotopic (exact) mass is 443 g/mol. The van der Waals surface area contributed by atoms with Crippen molar-refractivity contribution >= 4 is 17.5 Å². The van der Waals surface area contributed by atoms with Crippen LogP contribution in [-0.2, 0) is 13.2 Å². The van der Waals surface area contributed by atoms with Crippen LogP contribution in [0.3, 0.4) is 0 Å². The van der Waals surface area contributed by atoms with E-state index in [4.69, 9.17) is 20.9 Å². The number of amides is 1. The highest BCUT2D eigenvalue weighted by Crippen LogP contribution is 2.21. The Morgan fingerprint density at radius 1 is 1.16 bits per heavy atom. The van der Waals surface area contributed by atoms with E-state index in [1.165, 1.54) is 17.7 Å². The van der Waals surface area contributed by atoms with Gasteiger partial charge in [0.05, 0.1) is 5.56 Å². The third-order valence-electron chi connectivity index (χ3n) is 5.35. The third kappa shape index (κ3) is 5.24. The molecule has 6 nitrogen and oxygen atoms in total. The van der Waals surface area contributed by atoms with E-state index in [9.17, 15) is 9.18 Å². The summed E-state index contributed by atoms with van der Waals surface area (Å²) in [4.78, 5) is 17.1. The molecule has 0 atom stereocenters. The van der Waals surface area contributed by atoms with Crippen LogP contribution in [0.5, 0.6) is 5.75 Å². The van der Waals surface area contributed by atoms with Crippen LogP contribution in [0.1, 0.15) is 27.4 Å². The first kappa shape index (κ1) is 21.3. The normalized spacial score (nSPS) is 14.6. The molecule has 1 saturated heterocycles. The molecule has 2 heterocycles. The first-order valence-electron chi connectivity index (χ1n) is 10.1. The molecular formula is C23H23ClFN3O3. The van der Waals surface area contributed by atoms with Gasteiger partial charge in [-0.3, -0.25) is 9.69 Å². The Morgan fingerprint density at radius 2 is 1.90 bits per heavy atom. The molecule has 8 heteroatoms. The molecule has 1 aliphatic heterocycles. The van der Waals surface area contributed by atoms with E-state index >= 15 is 0 Å². The van der Waals surface area contributed by atoms with Gasteiger partial charge in [0, 0.05) is 43.8 Å². The van der Waals surface area contributed by atoms with Crippen molar-refractivity contribution in [2.45, 2.75) is 20.1 Å².